The summed E-state index contributed by atoms with van der Waals surface area (Å²) in [7, 11) is 0. The van der Waals surface area contributed by atoms with Gasteiger partial charge in [-0.1, -0.05) is 6.07 Å². The van der Waals surface area contributed by atoms with Crippen molar-refractivity contribution >= 4 is 11.8 Å². The average Bonchev–Trinajstić information content (AvgIpc) is 2.71. The highest BCUT2D eigenvalue weighted by Crippen LogP contribution is 2.44. The molecule has 4 rings (SSSR count). The van der Waals surface area contributed by atoms with Gasteiger partial charge >= 0.3 is 5.97 Å². The van der Waals surface area contributed by atoms with Gasteiger partial charge in [0.15, 0.2) is 12.2 Å². The zero-order valence-corrected chi connectivity index (χ0v) is 15.7. The Kier molecular flexibility index (Phi) is 4.67. The standard InChI is InChI=1S/C22H16O9/c23-11-7-16(26)18-17(8-11)31-21(20(28)19(18)27)9-1-3-14(24)12(5-9)13-6-10(22(29)30)2-4-15(13)25/h1-8,20-21,23-26,28H,(H,29,30)/t20-,21-/m0/s1. The first-order valence-corrected chi connectivity index (χ1v) is 9.02. The number of aliphatic hydroxyl groups is 1. The summed E-state index contributed by atoms with van der Waals surface area (Å²) in [6.45, 7) is 0. The van der Waals surface area contributed by atoms with E-state index in [4.69, 9.17) is 4.74 Å². The highest BCUT2D eigenvalue weighted by molar-refractivity contribution is 6.05. The molecule has 0 aromatic heterocycles. The lowest BCUT2D eigenvalue weighted by molar-refractivity contribution is 0.0211. The van der Waals surface area contributed by atoms with Crippen molar-refractivity contribution in [3.05, 3.63) is 65.2 Å². The molecule has 0 unspecified atom stereocenters. The number of phenolic OH excluding ortho intramolecular Hbond substituents is 4. The van der Waals surface area contributed by atoms with Crippen LogP contribution in [0.15, 0.2) is 48.5 Å². The van der Waals surface area contributed by atoms with Crippen LogP contribution in [0.5, 0.6) is 28.7 Å². The van der Waals surface area contributed by atoms with Crippen LogP contribution in [-0.4, -0.2) is 48.5 Å². The molecule has 0 aliphatic carbocycles. The van der Waals surface area contributed by atoms with E-state index in [1.165, 1.54) is 36.4 Å². The van der Waals surface area contributed by atoms with Crippen LogP contribution in [0.25, 0.3) is 11.1 Å². The lowest BCUT2D eigenvalue weighted by Crippen LogP contribution is -2.36. The van der Waals surface area contributed by atoms with Crippen molar-refractivity contribution in [1.29, 1.82) is 0 Å². The Hall–Kier alpha value is -4.24. The van der Waals surface area contributed by atoms with E-state index in [2.05, 4.69) is 0 Å². The lowest BCUT2D eigenvalue weighted by atomic mass is 9.90. The molecule has 1 heterocycles. The first kappa shape index (κ1) is 20.0. The number of ketones is 1. The van der Waals surface area contributed by atoms with Gasteiger partial charge in [0.25, 0.3) is 0 Å². The number of fused-ring (bicyclic) bond motifs is 1. The molecule has 1 aliphatic heterocycles. The number of ether oxygens (including phenoxy) is 1. The van der Waals surface area contributed by atoms with E-state index in [1.54, 1.807) is 0 Å². The lowest BCUT2D eigenvalue weighted by Gasteiger charge is -2.30. The molecule has 1 aliphatic rings. The summed E-state index contributed by atoms with van der Waals surface area (Å²) in [5.74, 6) is -3.66. The van der Waals surface area contributed by atoms with Crippen LogP contribution in [0, 0.1) is 0 Å². The SMILES string of the molecule is O=C(O)c1ccc(O)c(-c2cc([C@@H]3Oc4cc(O)cc(O)c4C(=O)[C@@H]3O)ccc2O)c1. The number of hydrogen-bond acceptors (Lipinski definition) is 8. The van der Waals surface area contributed by atoms with Gasteiger partial charge in [-0.05, 0) is 35.9 Å². The predicted molar refractivity (Wildman–Crippen MR) is 106 cm³/mol. The molecule has 9 heteroatoms. The van der Waals surface area contributed by atoms with Crippen molar-refractivity contribution in [3.63, 3.8) is 0 Å². The summed E-state index contributed by atoms with van der Waals surface area (Å²) in [5, 5.41) is 59.8. The number of carboxylic acid groups (broad SMARTS) is 1. The Morgan fingerprint density at radius 2 is 1.48 bits per heavy atom. The van der Waals surface area contributed by atoms with E-state index < -0.39 is 29.7 Å². The van der Waals surface area contributed by atoms with Crippen LogP contribution >= 0.6 is 0 Å². The van der Waals surface area contributed by atoms with Gasteiger partial charge in [-0.15, -0.1) is 0 Å². The highest BCUT2D eigenvalue weighted by atomic mass is 16.5. The Balaban J connectivity index is 1.81. The number of hydrogen-bond donors (Lipinski definition) is 6. The molecule has 2 atom stereocenters. The summed E-state index contributed by atoms with van der Waals surface area (Å²) in [5.41, 5.74) is -0.103. The molecule has 3 aromatic carbocycles. The van der Waals surface area contributed by atoms with E-state index in [1.807, 2.05) is 0 Å². The van der Waals surface area contributed by atoms with Crippen molar-refractivity contribution in [2.45, 2.75) is 12.2 Å². The normalized spacial score (nSPS) is 17.6. The molecule has 0 saturated carbocycles. The van der Waals surface area contributed by atoms with E-state index in [9.17, 15) is 40.2 Å². The number of aliphatic hydroxyl groups excluding tert-OH is 1. The van der Waals surface area contributed by atoms with Crippen molar-refractivity contribution in [2.24, 2.45) is 0 Å². The third kappa shape index (κ3) is 3.36. The molecule has 0 amide bonds. The predicted octanol–water partition coefficient (Wildman–Crippen LogP) is 2.55. The van der Waals surface area contributed by atoms with Gasteiger partial charge in [-0.3, -0.25) is 4.79 Å². The minimum Gasteiger partial charge on any atom is -0.508 e. The summed E-state index contributed by atoms with van der Waals surface area (Å²) < 4.78 is 5.66. The van der Waals surface area contributed by atoms with Gasteiger partial charge in [0.2, 0.25) is 5.78 Å². The second kappa shape index (κ2) is 7.22. The van der Waals surface area contributed by atoms with Crippen molar-refractivity contribution in [3.8, 4) is 39.9 Å². The molecule has 0 spiro atoms. The second-order valence-corrected chi connectivity index (χ2v) is 7.00. The number of phenols is 4. The molecule has 31 heavy (non-hydrogen) atoms. The topological polar surface area (TPSA) is 165 Å². The highest BCUT2D eigenvalue weighted by Gasteiger charge is 2.39. The number of carboxylic acids is 1. The van der Waals surface area contributed by atoms with Crippen LogP contribution in [-0.2, 0) is 0 Å². The fraction of sp³-hybridized carbons (Fsp3) is 0.0909. The van der Waals surface area contributed by atoms with E-state index in [-0.39, 0.29) is 50.8 Å². The van der Waals surface area contributed by atoms with Gasteiger partial charge in [-0.2, -0.15) is 0 Å². The molecular formula is C22H16O9. The fourth-order valence-electron chi connectivity index (χ4n) is 3.50. The number of Topliss-reactive ketones (excluding diaryl/α,β-unsaturated/α-hetero) is 1. The Morgan fingerprint density at radius 1 is 0.839 bits per heavy atom. The number of aromatic hydroxyl groups is 4. The summed E-state index contributed by atoms with van der Waals surface area (Å²) in [4.78, 5) is 23.9. The molecule has 158 valence electrons. The molecule has 9 nitrogen and oxygen atoms in total. The minimum absolute atomic E-state index is 0.0200. The summed E-state index contributed by atoms with van der Waals surface area (Å²) in [6, 6.07) is 9.57. The van der Waals surface area contributed by atoms with E-state index in [0.29, 0.717) is 0 Å². The first-order valence-electron chi connectivity index (χ1n) is 9.02. The first-order chi connectivity index (χ1) is 14.7. The van der Waals surface area contributed by atoms with Crippen molar-refractivity contribution in [2.75, 3.05) is 0 Å². The van der Waals surface area contributed by atoms with Gasteiger partial charge < -0.3 is 35.4 Å². The van der Waals surface area contributed by atoms with Crippen molar-refractivity contribution < 1.29 is 45.0 Å². The molecule has 0 radical (unpaired) electrons. The number of carbonyl (C=O) groups excluding carboxylic acids is 1. The maximum absolute atomic E-state index is 12.6. The van der Waals surface area contributed by atoms with Crippen LogP contribution in [0.1, 0.15) is 32.4 Å². The maximum atomic E-state index is 12.6. The average molecular weight is 424 g/mol. The van der Waals surface area contributed by atoms with E-state index in [0.717, 1.165) is 12.1 Å². The number of rotatable bonds is 3. The molecular weight excluding hydrogens is 408 g/mol. The van der Waals surface area contributed by atoms with Crippen LogP contribution in [0.3, 0.4) is 0 Å². The summed E-state index contributed by atoms with van der Waals surface area (Å²) in [6.07, 6.45) is -2.97. The van der Waals surface area contributed by atoms with Crippen LogP contribution in [0.4, 0.5) is 0 Å². The Bertz CT molecular complexity index is 1230. The molecule has 3 aromatic rings. The molecule has 0 fully saturated rings. The quantitative estimate of drug-likeness (QED) is 0.370. The van der Waals surface area contributed by atoms with Gasteiger partial charge in [0, 0.05) is 23.3 Å². The Labute approximate surface area is 174 Å². The fourth-order valence-corrected chi connectivity index (χ4v) is 3.50. The zero-order valence-electron chi connectivity index (χ0n) is 15.7. The Morgan fingerprint density at radius 3 is 2.16 bits per heavy atom. The molecule has 0 saturated heterocycles. The summed E-state index contributed by atoms with van der Waals surface area (Å²) >= 11 is 0. The van der Waals surface area contributed by atoms with E-state index >= 15 is 0 Å². The van der Waals surface area contributed by atoms with Gasteiger partial charge in [0.1, 0.15) is 34.3 Å². The minimum atomic E-state index is -1.71. The zero-order chi connectivity index (χ0) is 22.4. The largest absolute Gasteiger partial charge is 0.508 e. The smallest absolute Gasteiger partial charge is 0.335 e. The number of benzene rings is 3. The van der Waals surface area contributed by atoms with Crippen LogP contribution in [0.2, 0.25) is 0 Å². The molecule has 6 N–H and O–H groups in total. The third-order valence-electron chi connectivity index (χ3n) is 5.00. The third-order valence-corrected chi connectivity index (χ3v) is 5.00. The van der Waals surface area contributed by atoms with Gasteiger partial charge in [0.05, 0.1) is 5.56 Å². The van der Waals surface area contributed by atoms with Crippen LogP contribution < -0.4 is 4.74 Å². The van der Waals surface area contributed by atoms with Crippen molar-refractivity contribution in [1.82, 2.24) is 0 Å². The molecule has 0 bridgehead atoms. The number of carbonyl (C=O) groups is 2. The second-order valence-electron chi connectivity index (χ2n) is 7.00. The van der Waals surface area contributed by atoms with Gasteiger partial charge in [-0.25, -0.2) is 4.79 Å². The number of aromatic carboxylic acids is 1. The maximum Gasteiger partial charge on any atom is 0.335 e. The monoisotopic (exact) mass is 424 g/mol.